The van der Waals surface area contributed by atoms with Crippen molar-refractivity contribution < 1.29 is 13.9 Å². The first kappa shape index (κ1) is 16.6. The van der Waals surface area contributed by atoms with Crippen LogP contribution in [0.15, 0.2) is 16.7 Å². The number of amides is 1. The molecular formula is C17H22N4O3. The molecule has 1 aliphatic rings. The predicted octanol–water partition coefficient (Wildman–Crippen LogP) is 2.42. The molecule has 3 rings (SSSR count). The zero-order chi connectivity index (χ0) is 17.3. The molecule has 0 radical (unpaired) electrons. The van der Waals surface area contributed by atoms with Gasteiger partial charge in [-0.3, -0.25) is 9.78 Å². The van der Waals surface area contributed by atoms with Crippen molar-refractivity contribution in [2.24, 2.45) is 0 Å². The first-order chi connectivity index (χ1) is 11.5. The summed E-state index contributed by atoms with van der Waals surface area (Å²) in [5, 5.41) is 8.17. The Kier molecular flexibility index (Phi) is 4.62. The molecule has 7 heteroatoms. The summed E-state index contributed by atoms with van der Waals surface area (Å²) in [5.74, 6) is 0.972. The average Bonchev–Trinajstić information content (AvgIpc) is 3.07. The molecule has 2 aromatic heterocycles. The van der Waals surface area contributed by atoms with Gasteiger partial charge in [0.2, 0.25) is 11.8 Å². The number of carbonyl (C=O) groups excluding carboxylic acids is 1. The summed E-state index contributed by atoms with van der Waals surface area (Å²) in [6.07, 6.45) is 1.72. The van der Waals surface area contributed by atoms with Crippen LogP contribution in [0.2, 0.25) is 0 Å². The molecule has 1 aliphatic heterocycles. The zero-order valence-corrected chi connectivity index (χ0v) is 14.4. The van der Waals surface area contributed by atoms with Crippen LogP contribution in [0.5, 0.6) is 0 Å². The largest absolute Gasteiger partial charge is 0.423 e. The van der Waals surface area contributed by atoms with E-state index in [4.69, 9.17) is 9.15 Å². The van der Waals surface area contributed by atoms with Crippen molar-refractivity contribution in [3.8, 4) is 0 Å². The van der Waals surface area contributed by atoms with Crippen LogP contribution < -0.4 is 0 Å². The molecule has 128 valence electrons. The normalized spacial score (nSPS) is 18.2. The fourth-order valence-electron chi connectivity index (χ4n) is 2.55. The number of rotatable bonds is 3. The van der Waals surface area contributed by atoms with Crippen molar-refractivity contribution in [2.45, 2.75) is 39.7 Å². The number of pyridine rings is 1. The van der Waals surface area contributed by atoms with Crippen molar-refractivity contribution in [3.63, 3.8) is 0 Å². The van der Waals surface area contributed by atoms with Gasteiger partial charge in [0.25, 0.3) is 5.91 Å². The van der Waals surface area contributed by atoms with E-state index in [2.05, 4.69) is 15.2 Å². The molecule has 0 aromatic carbocycles. The first-order valence-electron chi connectivity index (χ1n) is 8.12. The van der Waals surface area contributed by atoms with E-state index in [-0.39, 0.29) is 17.9 Å². The molecule has 3 heterocycles. The number of aryl methyl sites for hydroxylation is 2. The highest BCUT2D eigenvalue weighted by Crippen LogP contribution is 2.26. The van der Waals surface area contributed by atoms with E-state index in [0.717, 1.165) is 11.1 Å². The number of morpholine rings is 1. The van der Waals surface area contributed by atoms with Crippen LogP contribution in [0, 0.1) is 13.8 Å². The van der Waals surface area contributed by atoms with Crippen molar-refractivity contribution in [1.82, 2.24) is 20.1 Å². The second kappa shape index (κ2) is 6.68. The summed E-state index contributed by atoms with van der Waals surface area (Å²) >= 11 is 0. The molecule has 24 heavy (non-hydrogen) atoms. The van der Waals surface area contributed by atoms with Gasteiger partial charge in [0.15, 0.2) is 0 Å². The van der Waals surface area contributed by atoms with Crippen molar-refractivity contribution in [2.75, 3.05) is 19.8 Å². The lowest BCUT2D eigenvalue weighted by atomic mass is 10.1. The Labute approximate surface area is 141 Å². The Bertz CT molecular complexity index is 741. The molecule has 1 saturated heterocycles. The highest BCUT2D eigenvalue weighted by molar-refractivity contribution is 5.92. The molecule has 0 N–H and O–H groups in total. The summed E-state index contributed by atoms with van der Waals surface area (Å²) in [4.78, 5) is 18.9. The Hall–Kier alpha value is -2.28. The average molecular weight is 330 g/mol. The van der Waals surface area contributed by atoms with Crippen LogP contribution in [0.3, 0.4) is 0 Å². The topological polar surface area (TPSA) is 81.4 Å². The third-order valence-corrected chi connectivity index (χ3v) is 4.22. The van der Waals surface area contributed by atoms with Crippen LogP contribution in [-0.4, -0.2) is 45.7 Å². The van der Waals surface area contributed by atoms with Crippen LogP contribution in [-0.2, 0) is 4.74 Å². The summed E-state index contributed by atoms with van der Waals surface area (Å²) in [7, 11) is 0. The monoisotopic (exact) mass is 330 g/mol. The number of nitrogens with zero attached hydrogens (tertiary/aromatic N) is 4. The molecule has 0 bridgehead atoms. The first-order valence-corrected chi connectivity index (χ1v) is 8.12. The molecule has 0 aliphatic carbocycles. The van der Waals surface area contributed by atoms with E-state index >= 15 is 0 Å². The number of ether oxygens (including phenoxy) is 1. The van der Waals surface area contributed by atoms with Gasteiger partial charge in [-0.15, -0.1) is 10.2 Å². The molecule has 1 unspecified atom stereocenters. The molecule has 0 saturated carbocycles. The smallest absolute Gasteiger partial charge is 0.273 e. The van der Waals surface area contributed by atoms with E-state index in [9.17, 15) is 4.79 Å². The highest BCUT2D eigenvalue weighted by atomic mass is 16.5. The van der Waals surface area contributed by atoms with Gasteiger partial charge >= 0.3 is 0 Å². The van der Waals surface area contributed by atoms with E-state index < -0.39 is 0 Å². The fraction of sp³-hybridized carbons (Fsp3) is 0.529. The maximum absolute atomic E-state index is 12.9. The minimum absolute atomic E-state index is 0.140. The van der Waals surface area contributed by atoms with Gasteiger partial charge in [0.05, 0.1) is 13.2 Å². The second-order valence-electron chi connectivity index (χ2n) is 6.38. The molecule has 1 fully saturated rings. The Morgan fingerprint density at radius 3 is 2.75 bits per heavy atom. The lowest BCUT2D eigenvalue weighted by Crippen LogP contribution is -2.43. The Morgan fingerprint density at radius 2 is 2.08 bits per heavy atom. The van der Waals surface area contributed by atoms with Crippen molar-refractivity contribution >= 4 is 5.91 Å². The summed E-state index contributed by atoms with van der Waals surface area (Å²) in [6, 6.07) is 1.44. The number of carbonyl (C=O) groups is 1. The molecule has 1 amide bonds. The van der Waals surface area contributed by atoms with E-state index in [1.165, 1.54) is 0 Å². The van der Waals surface area contributed by atoms with Crippen LogP contribution >= 0.6 is 0 Å². The van der Waals surface area contributed by atoms with E-state index in [1.54, 1.807) is 11.1 Å². The molecule has 0 spiro atoms. The second-order valence-corrected chi connectivity index (χ2v) is 6.38. The Balaban J connectivity index is 1.88. The SMILES string of the molecule is Cc1cnc(C(=O)N2CCOCC2c2nnc(C(C)C)o2)cc1C. The predicted molar refractivity (Wildman–Crippen MR) is 86.7 cm³/mol. The van der Waals surface area contributed by atoms with Crippen molar-refractivity contribution in [1.29, 1.82) is 0 Å². The number of hydrogen-bond donors (Lipinski definition) is 0. The summed E-state index contributed by atoms with van der Waals surface area (Å²) < 4.78 is 11.3. The van der Waals surface area contributed by atoms with Crippen LogP contribution in [0.1, 0.15) is 59.2 Å². The lowest BCUT2D eigenvalue weighted by Gasteiger charge is -2.33. The summed E-state index contributed by atoms with van der Waals surface area (Å²) in [6.45, 7) is 9.21. The fourth-order valence-corrected chi connectivity index (χ4v) is 2.55. The van der Waals surface area contributed by atoms with Gasteiger partial charge in [0, 0.05) is 18.7 Å². The molecule has 2 aromatic rings. The van der Waals surface area contributed by atoms with Gasteiger partial charge in [-0.05, 0) is 31.0 Å². The quantitative estimate of drug-likeness (QED) is 0.859. The zero-order valence-electron chi connectivity index (χ0n) is 14.4. The molecular weight excluding hydrogens is 308 g/mol. The third-order valence-electron chi connectivity index (χ3n) is 4.22. The molecule has 1 atom stereocenters. The lowest BCUT2D eigenvalue weighted by molar-refractivity contribution is -0.0110. The maximum atomic E-state index is 12.9. The number of hydrogen-bond acceptors (Lipinski definition) is 6. The van der Waals surface area contributed by atoms with Gasteiger partial charge in [-0.25, -0.2) is 0 Å². The third kappa shape index (κ3) is 3.17. The van der Waals surface area contributed by atoms with Gasteiger partial charge in [0.1, 0.15) is 11.7 Å². The minimum Gasteiger partial charge on any atom is -0.423 e. The van der Waals surface area contributed by atoms with Crippen LogP contribution in [0.25, 0.3) is 0 Å². The van der Waals surface area contributed by atoms with Crippen molar-refractivity contribution in [3.05, 3.63) is 40.9 Å². The standard InChI is InChI=1S/C17H22N4O3/c1-10(2)15-19-20-16(24-15)14-9-23-6-5-21(14)17(22)13-7-11(3)12(4)8-18-13/h7-8,10,14H,5-6,9H2,1-4H3. The van der Waals surface area contributed by atoms with Gasteiger partial charge in [-0.1, -0.05) is 13.8 Å². The van der Waals surface area contributed by atoms with E-state index in [0.29, 0.717) is 37.2 Å². The number of aromatic nitrogens is 3. The van der Waals surface area contributed by atoms with E-state index in [1.807, 2.05) is 33.8 Å². The minimum atomic E-state index is -0.380. The van der Waals surface area contributed by atoms with Gasteiger partial charge in [-0.2, -0.15) is 0 Å². The van der Waals surface area contributed by atoms with Gasteiger partial charge < -0.3 is 14.1 Å². The summed E-state index contributed by atoms with van der Waals surface area (Å²) in [5.41, 5.74) is 2.52. The van der Waals surface area contributed by atoms with Crippen LogP contribution in [0.4, 0.5) is 0 Å². The highest BCUT2D eigenvalue weighted by Gasteiger charge is 2.34. The maximum Gasteiger partial charge on any atom is 0.273 e. The Morgan fingerprint density at radius 1 is 1.29 bits per heavy atom. The molecule has 7 nitrogen and oxygen atoms in total.